The average molecular weight is 512 g/mol. The summed E-state index contributed by atoms with van der Waals surface area (Å²) in [7, 11) is 0. The number of carboxylic acids is 1. The molecule has 0 aromatic heterocycles. The van der Waals surface area contributed by atoms with E-state index in [0.29, 0.717) is 55.0 Å². The third-order valence-corrected chi connectivity index (χ3v) is 6.48. The van der Waals surface area contributed by atoms with Crippen LogP contribution < -0.4 is 14.4 Å². The molecule has 10 heteroatoms. The number of aliphatic carboxylic acids is 1. The van der Waals surface area contributed by atoms with Gasteiger partial charge in [0.25, 0.3) is 5.91 Å². The molecule has 1 N–H and O–H groups in total. The van der Waals surface area contributed by atoms with E-state index in [1.165, 1.54) is 16.7 Å². The van der Waals surface area contributed by atoms with Crippen molar-refractivity contribution >= 4 is 75.1 Å². The number of thioether (sulfide) groups is 1. The zero-order valence-corrected chi connectivity index (χ0v) is 20.3. The molecule has 1 atom stereocenters. The Labute approximate surface area is 205 Å². The minimum absolute atomic E-state index is 0.284. The maximum atomic E-state index is 13.0. The molecule has 1 fully saturated rings. The Bertz CT molecular complexity index is 1110. The van der Waals surface area contributed by atoms with Gasteiger partial charge in [0, 0.05) is 0 Å². The number of carbonyl (C=O) groups is 2. The van der Waals surface area contributed by atoms with Gasteiger partial charge >= 0.3 is 5.97 Å². The van der Waals surface area contributed by atoms with Crippen LogP contribution in [0.25, 0.3) is 6.08 Å². The van der Waals surface area contributed by atoms with Crippen molar-refractivity contribution in [1.82, 2.24) is 0 Å². The molecule has 1 aliphatic rings. The maximum Gasteiger partial charge on any atom is 0.344 e. The molecule has 0 spiro atoms. The van der Waals surface area contributed by atoms with Crippen LogP contribution in [0.4, 0.5) is 5.69 Å². The summed E-state index contributed by atoms with van der Waals surface area (Å²) in [5, 5.41) is 9.97. The highest BCUT2D eigenvalue weighted by atomic mass is 35.5. The maximum absolute atomic E-state index is 13.0. The molecule has 0 bridgehead atoms. The van der Waals surface area contributed by atoms with E-state index in [4.69, 9.17) is 44.9 Å². The first-order valence-corrected chi connectivity index (χ1v) is 11.6. The summed E-state index contributed by atoms with van der Waals surface area (Å²) in [6, 6.07) is 9.91. The van der Waals surface area contributed by atoms with Crippen molar-refractivity contribution in [3.8, 4) is 11.5 Å². The zero-order valence-electron chi connectivity index (χ0n) is 17.1. The highest BCUT2D eigenvalue weighted by Crippen LogP contribution is 2.39. The van der Waals surface area contributed by atoms with E-state index in [-0.39, 0.29) is 5.91 Å². The lowest BCUT2D eigenvalue weighted by molar-refractivity contribution is -0.145. The van der Waals surface area contributed by atoms with Crippen LogP contribution in [0.3, 0.4) is 0 Å². The Morgan fingerprint density at radius 1 is 1.19 bits per heavy atom. The fourth-order valence-electron chi connectivity index (χ4n) is 2.91. The van der Waals surface area contributed by atoms with E-state index in [1.54, 1.807) is 49.4 Å². The number of carboxylic acid groups (broad SMARTS) is 1. The van der Waals surface area contributed by atoms with E-state index < -0.39 is 12.1 Å². The molecule has 0 radical (unpaired) electrons. The number of anilines is 1. The average Bonchev–Trinajstić information content (AvgIpc) is 3.02. The molecule has 6 nitrogen and oxygen atoms in total. The second-order valence-electron chi connectivity index (χ2n) is 6.61. The molecule has 1 aliphatic heterocycles. The van der Waals surface area contributed by atoms with Gasteiger partial charge in [-0.15, -0.1) is 0 Å². The van der Waals surface area contributed by atoms with Crippen LogP contribution in [0, 0.1) is 0 Å². The minimum Gasteiger partial charge on any atom is -0.490 e. The second kappa shape index (κ2) is 10.6. The topological polar surface area (TPSA) is 76.1 Å². The van der Waals surface area contributed by atoms with Gasteiger partial charge in [0.05, 0.1) is 27.2 Å². The van der Waals surface area contributed by atoms with E-state index in [2.05, 4.69) is 0 Å². The smallest absolute Gasteiger partial charge is 0.344 e. The summed E-state index contributed by atoms with van der Waals surface area (Å²) in [6.07, 6.45) is 1.01. The zero-order chi connectivity index (χ0) is 23.4. The summed E-state index contributed by atoms with van der Waals surface area (Å²) >= 11 is 18.6. The normalized spacial score (nSPS) is 15.9. The Morgan fingerprint density at radius 3 is 2.56 bits per heavy atom. The number of ether oxygens (including phenoxy) is 2. The summed E-state index contributed by atoms with van der Waals surface area (Å²) < 4.78 is 11.6. The van der Waals surface area contributed by atoms with E-state index in [0.717, 1.165) is 0 Å². The number of halogens is 2. The Balaban J connectivity index is 1.89. The first-order chi connectivity index (χ1) is 15.2. The van der Waals surface area contributed by atoms with Crippen molar-refractivity contribution in [3.05, 3.63) is 56.9 Å². The number of hydrogen-bond acceptors (Lipinski definition) is 6. The fourth-order valence-corrected chi connectivity index (χ4v) is 4.50. The summed E-state index contributed by atoms with van der Waals surface area (Å²) in [6.45, 7) is 3.90. The minimum atomic E-state index is -1.05. The van der Waals surface area contributed by atoms with Crippen LogP contribution in [0.5, 0.6) is 11.5 Å². The van der Waals surface area contributed by atoms with Crippen LogP contribution >= 0.6 is 47.2 Å². The molecule has 1 amide bonds. The van der Waals surface area contributed by atoms with Gasteiger partial charge in [0.15, 0.2) is 21.9 Å². The third kappa shape index (κ3) is 5.38. The first kappa shape index (κ1) is 24.4. The predicted octanol–water partition coefficient (Wildman–Crippen LogP) is 6.04. The van der Waals surface area contributed by atoms with Crippen molar-refractivity contribution in [3.63, 3.8) is 0 Å². The van der Waals surface area contributed by atoms with Crippen LogP contribution in [0.2, 0.25) is 10.0 Å². The number of benzene rings is 2. The van der Waals surface area contributed by atoms with Gasteiger partial charge in [-0.2, -0.15) is 0 Å². The Kier molecular flexibility index (Phi) is 8.05. The molecule has 0 saturated carbocycles. The van der Waals surface area contributed by atoms with Crippen LogP contribution in [-0.4, -0.2) is 34.0 Å². The molecule has 1 heterocycles. The largest absolute Gasteiger partial charge is 0.490 e. The lowest BCUT2D eigenvalue weighted by atomic mass is 10.1. The summed E-state index contributed by atoms with van der Waals surface area (Å²) in [5.74, 6) is -0.624. The van der Waals surface area contributed by atoms with E-state index in [1.807, 2.05) is 6.92 Å². The molecule has 3 rings (SSSR count). The Hall–Kier alpha value is -2.26. The Morgan fingerprint density at radius 2 is 1.94 bits per heavy atom. The first-order valence-electron chi connectivity index (χ1n) is 9.64. The van der Waals surface area contributed by atoms with Gasteiger partial charge in [-0.1, -0.05) is 60.2 Å². The van der Waals surface area contributed by atoms with Gasteiger partial charge in [-0.05, 0) is 55.3 Å². The molecular formula is C22H19Cl2NO5S2. The fraction of sp³-hybridized carbons (Fsp3) is 0.227. The van der Waals surface area contributed by atoms with Gasteiger partial charge in [-0.25, -0.2) is 4.79 Å². The lowest BCUT2D eigenvalue weighted by Gasteiger charge is -2.17. The lowest BCUT2D eigenvalue weighted by Crippen LogP contribution is -2.27. The molecule has 1 saturated heterocycles. The van der Waals surface area contributed by atoms with Crippen LogP contribution in [0.1, 0.15) is 25.8 Å². The highest BCUT2D eigenvalue weighted by Gasteiger charge is 2.33. The number of carbonyl (C=O) groups excluding carboxylic acids is 1. The second-order valence-corrected chi connectivity index (χ2v) is 9.10. The molecule has 1 unspecified atom stereocenters. The molecule has 32 heavy (non-hydrogen) atoms. The standard InChI is InChI=1S/C22H19Cl2NO5S2/c1-3-16(21(27)28)30-17-8-5-12(9-18(17)29-4-2)10-19-20(26)25(22(31)32-19)13-6-7-14(23)15(24)11-13/h5-11,16H,3-4H2,1-2H3,(H,27,28)/b19-10+. The van der Waals surface area contributed by atoms with Crippen molar-refractivity contribution in [1.29, 1.82) is 0 Å². The van der Waals surface area contributed by atoms with Gasteiger partial charge in [0.2, 0.25) is 0 Å². The molecular weight excluding hydrogens is 493 g/mol. The van der Waals surface area contributed by atoms with E-state index >= 15 is 0 Å². The molecule has 2 aromatic rings. The molecule has 2 aromatic carbocycles. The molecule has 168 valence electrons. The van der Waals surface area contributed by atoms with Gasteiger partial charge in [0.1, 0.15) is 0 Å². The van der Waals surface area contributed by atoms with Crippen LogP contribution in [0.15, 0.2) is 41.3 Å². The predicted molar refractivity (Wildman–Crippen MR) is 132 cm³/mol. The van der Waals surface area contributed by atoms with Crippen molar-refractivity contribution in [2.24, 2.45) is 0 Å². The number of nitrogens with zero attached hydrogens (tertiary/aromatic N) is 1. The monoisotopic (exact) mass is 511 g/mol. The number of hydrogen-bond donors (Lipinski definition) is 1. The van der Waals surface area contributed by atoms with E-state index in [9.17, 15) is 14.7 Å². The highest BCUT2D eigenvalue weighted by molar-refractivity contribution is 8.27. The SMILES string of the molecule is CCOc1cc(/C=C2/SC(=S)N(c3ccc(Cl)c(Cl)c3)C2=O)ccc1OC(CC)C(=O)O. The third-order valence-electron chi connectivity index (χ3n) is 4.44. The van der Waals surface area contributed by atoms with Crippen LogP contribution in [-0.2, 0) is 9.59 Å². The van der Waals surface area contributed by atoms with Gasteiger partial charge < -0.3 is 14.6 Å². The number of rotatable bonds is 8. The quantitative estimate of drug-likeness (QED) is 0.341. The van der Waals surface area contributed by atoms with Crippen molar-refractivity contribution < 1.29 is 24.2 Å². The van der Waals surface area contributed by atoms with Crippen molar-refractivity contribution in [2.45, 2.75) is 26.4 Å². The number of amides is 1. The number of thiocarbonyl (C=S) groups is 1. The molecule has 0 aliphatic carbocycles. The van der Waals surface area contributed by atoms with Gasteiger partial charge in [-0.3, -0.25) is 9.69 Å². The summed E-state index contributed by atoms with van der Waals surface area (Å²) in [4.78, 5) is 26.1. The van der Waals surface area contributed by atoms with Crippen molar-refractivity contribution in [2.75, 3.05) is 11.5 Å². The summed E-state index contributed by atoms with van der Waals surface area (Å²) in [5.41, 5.74) is 1.21.